The number of carbonyl (C=O) groups is 1. The lowest BCUT2D eigenvalue weighted by Crippen LogP contribution is -2.17. The second-order valence-electron chi connectivity index (χ2n) is 6.17. The molecule has 4 nitrogen and oxygen atoms in total. The predicted molar refractivity (Wildman–Crippen MR) is 115 cm³/mol. The van der Waals surface area contributed by atoms with Crippen LogP contribution in [0, 0.1) is 6.92 Å². The van der Waals surface area contributed by atoms with E-state index in [0.29, 0.717) is 9.23 Å². The monoisotopic (exact) mass is 392 g/mol. The lowest BCUT2D eigenvalue weighted by atomic mass is 10.00. The Morgan fingerprint density at radius 3 is 2.70 bits per heavy atom. The van der Waals surface area contributed by atoms with Gasteiger partial charge in [0, 0.05) is 16.6 Å². The maximum absolute atomic E-state index is 11.9. The molecule has 1 N–H and O–H groups in total. The Kier molecular flexibility index (Phi) is 4.68. The van der Waals surface area contributed by atoms with Crippen LogP contribution < -0.4 is 10.1 Å². The van der Waals surface area contributed by atoms with Gasteiger partial charge < -0.3 is 10.1 Å². The summed E-state index contributed by atoms with van der Waals surface area (Å²) in [6, 6.07) is 16.1. The number of hydrogen-bond donors (Lipinski definition) is 1. The molecule has 2 heterocycles. The molecule has 1 fully saturated rings. The van der Waals surface area contributed by atoms with Crippen LogP contribution in [0.1, 0.15) is 11.3 Å². The number of benzene rings is 2. The van der Waals surface area contributed by atoms with Crippen molar-refractivity contribution >= 4 is 51.2 Å². The molecule has 6 heteroatoms. The highest BCUT2D eigenvalue weighted by Crippen LogP contribution is 2.34. The SMILES string of the molecule is COc1ccc(C=C2SC(=S)NC2=O)cc1-c1ccc2ccc(C)nc2c1. The summed E-state index contributed by atoms with van der Waals surface area (Å²) in [5.74, 6) is 0.607. The van der Waals surface area contributed by atoms with Crippen LogP contribution >= 0.6 is 24.0 Å². The summed E-state index contributed by atoms with van der Waals surface area (Å²) >= 11 is 6.32. The van der Waals surface area contributed by atoms with Crippen LogP contribution in [0.5, 0.6) is 5.75 Å². The van der Waals surface area contributed by atoms with Crippen LogP contribution in [0.15, 0.2) is 53.4 Å². The standard InChI is InChI=1S/C21H16N2O2S2/c1-12-3-5-14-6-7-15(11-17(14)22-12)16-9-13(4-8-18(16)25-2)10-19-20(24)23-21(26)27-19/h3-11H,1-2H3,(H,23,24,26). The van der Waals surface area contributed by atoms with Crippen LogP contribution in [-0.2, 0) is 4.79 Å². The normalized spacial score (nSPS) is 15.4. The van der Waals surface area contributed by atoms with Gasteiger partial charge in [0.25, 0.3) is 5.91 Å². The third-order valence-electron chi connectivity index (χ3n) is 4.31. The summed E-state index contributed by atoms with van der Waals surface area (Å²) in [5, 5.41) is 3.73. The van der Waals surface area contributed by atoms with Crippen molar-refractivity contribution in [3.8, 4) is 16.9 Å². The first-order chi connectivity index (χ1) is 13.0. The Labute approximate surface area is 166 Å². The van der Waals surface area contributed by atoms with E-state index in [-0.39, 0.29) is 5.91 Å². The molecular formula is C21H16N2O2S2. The zero-order valence-corrected chi connectivity index (χ0v) is 16.4. The van der Waals surface area contributed by atoms with Crippen molar-refractivity contribution < 1.29 is 9.53 Å². The summed E-state index contributed by atoms with van der Waals surface area (Å²) in [6.45, 7) is 1.98. The number of amides is 1. The summed E-state index contributed by atoms with van der Waals surface area (Å²) in [4.78, 5) is 17.1. The van der Waals surface area contributed by atoms with E-state index in [1.165, 1.54) is 11.8 Å². The fraction of sp³-hybridized carbons (Fsp3) is 0.0952. The molecule has 0 atom stereocenters. The number of aryl methyl sites for hydroxylation is 1. The van der Waals surface area contributed by atoms with Crippen molar-refractivity contribution in [2.75, 3.05) is 7.11 Å². The van der Waals surface area contributed by atoms with Gasteiger partial charge in [-0.25, -0.2) is 0 Å². The molecule has 3 aromatic rings. The molecule has 0 unspecified atom stereocenters. The predicted octanol–water partition coefficient (Wildman–Crippen LogP) is 4.71. The molecule has 27 heavy (non-hydrogen) atoms. The van der Waals surface area contributed by atoms with E-state index in [4.69, 9.17) is 17.0 Å². The molecule has 0 aliphatic carbocycles. The van der Waals surface area contributed by atoms with E-state index < -0.39 is 0 Å². The van der Waals surface area contributed by atoms with Gasteiger partial charge >= 0.3 is 0 Å². The highest BCUT2D eigenvalue weighted by molar-refractivity contribution is 8.26. The number of thiocarbonyl (C=S) groups is 1. The number of pyridine rings is 1. The minimum absolute atomic E-state index is 0.159. The first kappa shape index (κ1) is 17.7. The largest absolute Gasteiger partial charge is 0.496 e. The molecule has 0 spiro atoms. The average Bonchev–Trinajstić information content (AvgIpc) is 2.98. The number of carbonyl (C=O) groups excluding carboxylic acids is 1. The number of ether oxygens (including phenoxy) is 1. The first-order valence-corrected chi connectivity index (χ1v) is 9.56. The quantitative estimate of drug-likeness (QED) is 0.517. The Balaban J connectivity index is 1.81. The molecule has 2 aromatic carbocycles. The van der Waals surface area contributed by atoms with E-state index >= 15 is 0 Å². The minimum Gasteiger partial charge on any atom is -0.496 e. The van der Waals surface area contributed by atoms with Gasteiger partial charge in [-0.05, 0) is 48.4 Å². The number of methoxy groups -OCH3 is 1. The fourth-order valence-corrected chi connectivity index (χ4v) is 4.04. The van der Waals surface area contributed by atoms with Crippen molar-refractivity contribution in [2.45, 2.75) is 6.92 Å². The second-order valence-corrected chi connectivity index (χ2v) is 7.89. The van der Waals surface area contributed by atoms with E-state index in [0.717, 1.165) is 39.0 Å². The lowest BCUT2D eigenvalue weighted by molar-refractivity contribution is -0.115. The zero-order chi connectivity index (χ0) is 19.0. The minimum atomic E-state index is -0.159. The Hall–Kier alpha value is -2.70. The van der Waals surface area contributed by atoms with E-state index in [9.17, 15) is 4.79 Å². The third-order valence-corrected chi connectivity index (χ3v) is 5.47. The van der Waals surface area contributed by atoms with Crippen molar-refractivity contribution in [3.63, 3.8) is 0 Å². The molecule has 1 saturated heterocycles. The molecular weight excluding hydrogens is 376 g/mol. The Bertz CT molecular complexity index is 1120. The van der Waals surface area contributed by atoms with E-state index in [1.54, 1.807) is 7.11 Å². The Morgan fingerprint density at radius 1 is 1.15 bits per heavy atom. The number of aromatic nitrogens is 1. The molecule has 0 saturated carbocycles. The number of rotatable bonds is 3. The van der Waals surface area contributed by atoms with Gasteiger partial charge in [0.15, 0.2) is 0 Å². The van der Waals surface area contributed by atoms with Crippen molar-refractivity contribution in [3.05, 3.63) is 64.7 Å². The van der Waals surface area contributed by atoms with E-state index in [2.05, 4.69) is 34.6 Å². The molecule has 1 aliphatic heterocycles. The van der Waals surface area contributed by atoms with Gasteiger partial charge in [-0.2, -0.15) is 0 Å². The van der Waals surface area contributed by atoms with Crippen molar-refractivity contribution in [1.29, 1.82) is 0 Å². The van der Waals surface area contributed by atoms with Gasteiger partial charge in [-0.15, -0.1) is 0 Å². The third kappa shape index (κ3) is 3.59. The van der Waals surface area contributed by atoms with Crippen LogP contribution in [0.2, 0.25) is 0 Å². The van der Waals surface area contributed by atoms with E-state index in [1.807, 2.05) is 37.3 Å². The molecule has 1 aliphatic rings. The van der Waals surface area contributed by atoms with Gasteiger partial charge in [0.1, 0.15) is 10.1 Å². The topological polar surface area (TPSA) is 51.2 Å². The van der Waals surface area contributed by atoms with Gasteiger partial charge in [0.2, 0.25) is 0 Å². The maximum atomic E-state index is 11.9. The molecule has 0 radical (unpaired) electrons. The van der Waals surface area contributed by atoms with Crippen LogP contribution in [0.3, 0.4) is 0 Å². The van der Waals surface area contributed by atoms with Crippen LogP contribution in [0.4, 0.5) is 0 Å². The van der Waals surface area contributed by atoms with Gasteiger partial charge in [-0.3, -0.25) is 9.78 Å². The highest BCUT2D eigenvalue weighted by Gasteiger charge is 2.22. The Morgan fingerprint density at radius 2 is 1.96 bits per heavy atom. The van der Waals surface area contributed by atoms with Crippen molar-refractivity contribution in [1.82, 2.24) is 10.3 Å². The molecule has 134 valence electrons. The molecule has 1 amide bonds. The number of fused-ring (bicyclic) bond motifs is 1. The lowest BCUT2D eigenvalue weighted by Gasteiger charge is -2.11. The number of hydrogen-bond acceptors (Lipinski definition) is 5. The molecule has 4 rings (SSSR count). The van der Waals surface area contributed by atoms with Crippen LogP contribution in [0.25, 0.3) is 28.1 Å². The summed E-state index contributed by atoms with van der Waals surface area (Å²) < 4.78 is 6.03. The number of nitrogens with one attached hydrogen (secondary N) is 1. The second kappa shape index (κ2) is 7.13. The first-order valence-electron chi connectivity index (χ1n) is 8.34. The molecule has 1 aromatic heterocycles. The smallest absolute Gasteiger partial charge is 0.263 e. The number of nitrogens with zero attached hydrogens (tertiary/aromatic N) is 1. The average molecular weight is 393 g/mol. The van der Waals surface area contributed by atoms with Crippen molar-refractivity contribution in [2.24, 2.45) is 0 Å². The number of thioether (sulfide) groups is 1. The fourth-order valence-electron chi connectivity index (χ4n) is 3.00. The van der Waals surface area contributed by atoms with Gasteiger partial charge in [0.05, 0.1) is 17.5 Å². The summed E-state index contributed by atoms with van der Waals surface area (Å²) in [7, 11) is 1.65. The highest BCUT2D eigenvalue weighted by atomic mass is 32.2. The van der Waals surface area contributed by atoms with Crippen LogP contribution in [-0.4, -0.2) is 22.3 Å². The summed E-state index contributed by atoms with van der Waals surface area (Å²) in [5.41, 5.74) is 4.78. The molecule has 0 bridgehead atoms. The maximum Gasteiger partial charge on any atom is 0.263 e. The van der Waals surface area contributed by atoms with Gasteiger partial charge in [-0.1, -0.05) is 48.2 Å². The summed E-state index contributed by atoms with van der Waals surface area (Å²) in [6.07, 6.45) is 1.84. The zero-order valence-electron chi connectivity index (χ0n) is 14.8.